The van der Waals surface area contributed by atoms with Crippen LogP contribution < -0.4 is 0 Å². The molecule has 0 aliphatic heterocycles. The van der Waals surface area contributed by atoms with Crippen LogP contribution in [0.4, 0.5) is 9.59 Å². The van der Waals surface area contributed by atoms with E-state index in [1.165, 1.54) is 0 Å². The quantitative estimate of drug-likeness (QED) is 0.449. The molecular formula is C2H2La2O6. The van der Waals surface area contributed by atoms with Crippen molar-refractivity contribution in [3.8, 4) is 0 Å². The summed E-state index contributed by atoms with van der Waals surface area (Å²) < 4.78 is 0. The van der Waals surface area contributed by atoms with Crippen LogP contribution in [0.5, 0.6) is 0 Å². The zero-order valence-electron chi connectivity index (χ0n) is 4.68. The first kappa shape index (κ1) is 17.1. The third-order valence-corrected chi connectivity index (χ3v) is 0.184. The van der Waals surface area contributed by atoms with Crippen molar-refractivity contribution < 1.29 is 101 Å². The molecule has 0 atom stereocenters. The average molecular weight is 400 g/mol. The van der Waals surface area contributed by atoms with Gasteiger partial charge in [-0.15, -0.1) is 0 Å². The SMILES string of the molecule is O=C(O)OOC(=O)O.[La].[La]. The molecule has 0 bridgehead atoms. The second-order valence-corrected chi connectivity index (χ2v) is 0.698. The van der Waals surface area contributed by atoms with Crippen LogP contribution in [0.3, 0.4) is 0 Å². The van der Waals surface area contributed by atoms with Crippen molar-refractivity contribution in [3.05, 3.63) is 0 Å². The Labute approximate surface area is 111 Å². The number of hydrogen-bond acceptors (Lipinski definition) is 4. The number of carboxylic acid groups (broad SMARTS) is 2. The Morgan fingerprint density at radius 3 is 1.20 bits per heavy atom. The Bertz CT molecular complexity index is 98.3. The first-order valence-electron chi connectivity index (χ1n) is 1.43. The fraction of sp³-hybridized carbons (Fsp3) is 0. The van der Waals surface area contributed by atoms with E-state index >= 15 is 0 Å². The van der Waals surface area contributed by atoms with Gasteiger partial charge in [0.05, 0.1) is 0 Å². The van der Waals surface area contributed by atoms with Crippen molar-refractivity contribution in [1.82, 2.24) is 0 Å². The van der Waals surface area contributed by atoms with Gasteiger partial charge in [0.1, 0.15) is 0 Å². The molecule has 0 amide bonds. The van der Waals surface area contributed by atoms with Crippen molar-refractivity contribution >= 4 is 12.3 Å². The Balaban J connectivity index is -0.000000245. The Morgan fingerprint density at radius 2 is 1.10 bits per heavy atom. The molecule has 8 heteroatoms. The molecule has 0 unspecified atom stereocenters. The van der Waals surface area contributed by atoms with E-state index in [9.17, 15) is 9.59 Å². The van der Waals surface area contributed by atoms with Gasteiger partial charge in [0, 0.05) is 71.2 Å². The molecule has 10 heavy (non-hydrogen) atoms. The molecule has 0 aromatic carbocycles. The Hall–Kier alpha value is 0.930. The van der Waals surface area contributed by atoms with Crippen LogP contribution in [0.1, 0.15) is 0 Å². The zero-order chi connectivity index (χ0) is 6.57. The average Bonchev–Trinajstić information content (AvgIpc) is 1.61. The topological polar surface area (TPSA) is 93.1 Å². The van der Waals surface area contributed by atoms with Crippen LogP contribution in [-0.4, -0.2) is 22.5 Å². The van der Waals surface area contributed by atoms with Crippen LogP contribution in [0.15, 0.2) is 0 Å². The second-order valence-electron chi connectivity index (χ2n) is 0.698. The van der Waals surface area contributed by atoms with E-state index in [1.807, 2.05) is 0 Å². The van der Waals surface area contributed by atoms with E-state index in [-0.39, 0.29) is 71.2 Å². The van der Waals surface area contributed by atoms with Gasteiger partial charge >= 0.3 is 12.3 Å². The molecular weight excluding hydrogens is 398 g/mol. The van der Waals surface area contributed by atoms with E-state index in [1.54, 1.807) is 0 Å². The standard InChI is InChI=1S/C2H2O6.2La/c3-1(4)7-8-2(5)6;;/h(H,3,4)(H,5,6);;. The summed E-state index contributed by atoms with van der Waals surface area (Å²) in [7, 11) is 0. The zero-order valence-corrected chi connectivity index (χ0v) is 11.9. The fourth-order valence-electron chi connectivity index (χ4n) is 0.0713. The van der Waals surface area contributed by atoms with E-state index in [0.29, 0.717) is 0 Å². The summed E-state index contributed by atoms with van der Waals surface area (Å²) in [5, 5.41) is 15.1. The molecule has 0 aromatic heterocycles. The van der Waals surface area contributed by atoms with Gasteiger partial charge in [-0.25, -0.2) is 19.4 Å². The van der Waals surface area contributed by atoms with E-state index in [0.717, 1.165) is 0 Å². The molecule has 0 aromatic rings. The van der Waals surface area contributed by atoms with Crippen molar-refractivity contribution in [2.45, 2.75) is 0 Å². The second kappa shape index (κ2) is 9.93. The minimum atomic E-state index is -1.80. The smallest absolute Gasteiger partial charge is 0.447 e. The summed E-state index contributed by atoms with van der Waals surface area (Å²) in [6.07, 6.45) is -3.60. The van der Waals surface area contributed by atoms with E-state index in [4.69, 9.17) is 10.2 Å². The van der Waals surface area contributed by atoms with Crippen molar-refractivity contribution in [1.29, 1.82) is 0 Å². The molecule has 0 saturated heterocycles. The van der Waals surface area contributed by atoms with Gasteiger partial charge in [-0.2, -0.15) is 0 Å². The maximum Gasteiger partial charge on any atom is 0.547 e. The summed E-state index contributed by atoms with van der Waals surface area (Å²) >= 11 is 0. The van der Waals surface area contributed by atoms with Crippen LogP contribution in [0.25, 0.3) is 0 Å². The molecule has 0 heterocycles. The molecule has 0 saturated carbocycles. The van der Waals surface area contributed by atoms with Gasteiger partial charge in [0.2, 0.25) is 0 Å². The van der Waals surface area contributed by atoms with Crippen LogP contribution >= 0.6 is 0 Å². The first-order valence-corrected chi connectivity index (χ1v) is 1.43. The Kier molecular flexibility index (Phi) is 17.0. The molecule has 0 aliphatic rings. The predicted octanol–water partition coefficient (Wildman–Crippen LogP) is 0.291. The molecule has 2 N–H and O–H groups in total. The minimum Gasteiger partial charge on any atom is -0.447 e. The molecule has 0 spiro atoms. The maximum atomic E-state index is 9.29. The third kappa shape index (κ3) is 16.0. The summed E-state index contributed by atoms with van der Waals surface area (Å²) in [6, 6.07) is 0. The van der Waals surface area contributed by atoms with Crippen molar-refractivity contribution in [2.75, 3.05) is 0 Å². The van der Waals surface area contributed by atoms with Gasteiger partial charge in [-0.3, -0.25) is 0 Å². The Morgan fingerprint density at radius 1 is 0.900 bits per heavy atom. The van der Waals surface area contributed by atoms with Gasteiger partial charge in [-0.05, 0) is 0 Å². The fourth-order valence-corrected chi connectivity index (χ4v) is 0.0713. The van der Waals surface area contributed by atoms with Crippen LogP contribution in [0.2, 0.25) is 0 Å². The van der Waals surface area contributed by atoms with Gasteiger partial charge in [0.25, 0.3) is 0 Å². The summed E-state index contributed by atoms with van der Waals surface area (Å²) in [5.41, 5.74) is 0. The molecule has 52 valence electrons. The molecule has 6 nitrogen and oxygen atoms in total. The van der Waals surface area contributed by atoms with Gasteiger partial charge in [0.15, 0.2) is 0 Å². The summed E-state index contributed by atoms with van der Waals surface area (Å²) in [5.74, 6) is 0. The third-order valence-electron chi connectivity index (χ3n) is 0.184. The van der Waals surface area contributed by atoms with Crippen molar-refractivity contribution in [2.24, 2.45) is 0 Å². The molecule has 2 radical (unpaired) electrons. The minimum absolute atomic E-state index is 0. The molecule has 0 rings (SSSR count). The number of rotatable bonds is 0. The van der Waals surface area contributed by atoms with Gasteiger partial charge < -0.3 is 10.2 Å². The predicted molar refractivity (Wildman–Crippen MR) is 18.2 cm³/mol. The largest absolute Gasteiger partial charge is 0.547 e. The first-order chi connectivity index (χ1) is 3.63. The van der Waals surface area contributed by atoms with Crippen molar-refractivity contribution in [3.63, 3.8) is 0 Å². The number of hydrogen-bond donors (Lipinski definition) is 2. The maximum absolute atomic E-state index is 9.29. The number of carbonyl (C=O) groups is 2. The normalized spacial score (nSPS) is 6.00. The molecule has 0 aliphatic carbocycles. The van der Waals surface area contributed by atoms with Crippen LogP contribution in [0, 0.1) is 71.2 Å². The monoisotopic (exact) mass is 400 g/mol. The van der Waals surface area contributed by atoms with Crippen LogP contribution in [-0.2, 0) is 9.78 Å². The molecule has 0 fully saturated rings. The van der Waals surface area contributed by atoms with E-state index in [2.05, 4.69) is 9.78 Å². The summed E-state index contributed by atoms with van der Waals surface area (Å²) in [4.78, 5) is 24.8. The summed E-state index contributed by atoms with van der Waals surface area (Å²) in [6.45, 7) is 0. The van der Waals surface area contributed by atoms with E-state index < -0.39 is 12.3 Å². The van der Waals surface area contributed by atoms with Gasteiger partial charge in [-0.1, -0.05) is 0 Å².